The van der Waals surface area contributed by atoms with Crippen LogP contribution in [0.25, 0.3) is 11.7 Å². The standard InChI is InChI=1S/C33H33F5O/c1-3-5-19-7-9-20(10-8-19)21-11-13-22(14-12-21)27(34)29(36)26-16-15-24-18-25-17-23(6-4-2)28(35)31(38)33(25)39-32(24)30(26)37/h11-17,19-20H,3-10,18H2,1-2H3/b29-27+. The molecule has 0 saturated heterocycles. The Kier molecular flexibility index (Phi) is 8.11. The maximum absolute atomic E-state index is 15.4. The molecule has 3 aromatic rings. The second-order valence-corrected chi connectivity index (χ2v) is 10.9. The van der Waals surface area contributed by atoms with Crippen LogP contribution in [-0.2, 0) is 12.8 Å². The molecule has 0 spiro atoms. The molecule has 6 heteroatoms. The summed E-state index contributed by atoms with van der Waals surface area (Å²) in [6.45, 7) is 4.06. The molecule has 1 nitrogen and oxygen atoms in total. The Morgan fingerprint density at radius 1 is 0.769 bits per heavy atom. The van der Waals surface area contributed by atoms with E-state index in [1.165, 1.54) is 49.9 Å². The Balaban J connectivity index is 1.38. The predicted molar refractivity (Wildman–Crippen MR) is 145 cm³/mol. The summed E-state index contributed by atoms with van der Waals surface area (Å²) in [5, 5.41) is 0. The van der Waals surface area contributed by atoms with Crippen molar-refractivity contribution < 1.29 is 26.7 Å². The van der Waals surface area contributed by atoms with E-state index in [0.717, 1.165) is 30.4 Å². The number of ether oxygens (including phenoxy) is 1. The van der Waals surface area contributed by atoms with Crippen molar-refractivity contribution in [1.82, 2.24) is 0 Å². The summed E-state index contributed by atoms with van der Waals surface area (Å²) in [4.78, 5) is 0. The third-order valence-electron chi connectivity index (χ3n) is 8.21. The molecule has 0 aromatic heterocycles. The molecule has 206 valence electrons. The van der Waals surface area contributed by atoms with Crippen molar-refractivity contribution in [2.45, 2.75) is 77.6 Å². The van der Waals surface area contributed by atoms with Gasteiger partial charge < -0.3 is 4.74 Å². The monoisotopic (exact) mass is 540 g/mol. The molecule has 0 atom stereocenters. The van der Waals surface area contributed by atoms with Crippen molar-refractivity contribution in [3.05, 3.63) is 93.3 Å². The van der Waals surface area contributed by atoms with Crippen LogP contribution in [-0.4, -0.2) is 0 Å². The van der Waals surface area contributed by atoms with Crippen molar-refractivity contribution >= 4 is 11.7 Å². The molecule has 0 radical (unpaired) electrons. The maximum atomic E-state index is 15.4. The van der Waals surface area contributed by atoms with Crippen molar-refractivity contribution in [2.75, 3.05) is 0 Å². The van der Waals surface area contributed by atoms with E-state index >= 15 is 13.2 Å². The Hall–Kier alpha value is -3.15. The SMILES string of the molecule is CCCc1cc2c(c(F)c1F)Oc1c(ccc(/C(F)=C(\F)c3ccc(C4CCC(CCC)CC4)cc3)c1F)C2. The fourth-order valence-corrected chi connectivity index (χ4v) is 6.08. The summed E-state index contributed by atoms with van der Waals surface area (Å²) in [7, 11) is 0. The number of halogens is 5. The molecule has 2 aliphatic rings. The van der Waals surface area contributed by atoms with E-state index in [1.54, 1.807) is 0 Å². The van der Waals surface area contributed by atoms with Crippen LogP contribution in [0.3, 0.4) is 0 Å². The zero-order chi connectivity index (χ0) is 27.7. The van der Waals surface area contributed by atoms with Gasteiger partial charge in [0.2, 0.25) is 5.82 Å². The molecule has 5 rings (SSSR count). The van der Waals surface area contributed by atoms with Gasteiger partial charge in [-0.1, -0.05) is 63.4 Å². The maximum Gasteiger partial charge on any atom is 0.201 e. The van der Waals surface area contributed by atoms with Crippen LogP contribution in [0.5, 0.6) is 11.5 Å². The van der Waals surface area contributed by atoms with Crippen molar-refractivity contribution in [2.24, 2.45) is 5.92 Å². The second kappa shape index (κ2) is 11.5. The molecule has 1 aliphatic carbocycles. The molecule has 0 bridgehead atoms. The highest BCUT2D eigenvalue weighted by molar-refractivity contribution is 5.84. The van der Waals surface area contributed by atoms with Crippen LogP contribution >= 0.6 is 0 Å². The third kappa shape index (κ3) is 5.35. The topological polar surface area (TPSA) is 9.23 Å². The highest BCUT2D eigenvalue weighted by atomic mass is 19.2. The summed E-state index contributed by atoms with van der Waals surface area (Å²) < 4.78 is 80.6. The first-order valence-electron chi connectivity index (χ1n) is 14.0. The van der Waals surface area contributed by atoms with Gasteiger partial charge in [0, 0.05) is 23.1 Å². The number of aryl methyl sites for hydroxylation is 1. The molecule has 1 fully saturated rings. The Morgan fingerprint density at radius 2 is 1.46 bits per heavy atom. The van der Waals surface area contributed by atoms with E-state index in [-0.39, 0.29) is 17.5 Å². The normalized spacial score (nSPS) is 19.2. The first-order valence-corrected chi connectivity index (χ1v) is 14.0. The van der Waals surface area contributed by atoms with Crippen molar-refractivity contribution in [1.29, 1.82) is 0 Å². The van der Waals surface area contributed by atoms with E-state index in [1.807, 2.05) is 19.1 Å². The molecule has 0 unspecified atom stereocenters. The summed E-state index contributed by atoms with van der Waals surface area (Å²) in [6.07, 6.45) is 8.06. The number of benzene rings is 3. The molecule has 39 heavy (non-hydrogen) atoms. The molecule has 1 heterocycles. The summed E-state index contributed by atoms with van der Waals surface area (Å²) in [5.41, 5.74) is 1.45. The molecular weight excluding hydrogens is 507 g/mol. The first-order chi connectivity index (χ1) is 18.8. The van der Waals surface area contributed by atoms with E-state index in [4.69, 9.17) is 4.74 Å². The highest BCUT2D eigenvalue weighted by Gasteiger charge is 2.30. The lowest BCUT2D eigenvalue weighted by molar-refractivity contribution is 0.308. The molecular formula is C33H33F5O. The second-order valence-electron chi connectivity index (χ2n) is 10.9. The van der Waals surface area contributed by atoms with Crippen LogP contribution in [0.1, 0.15) is 98.1 Å². The van der Waals surface area contributed by atoms with Crippen molar-refractivity contribution in [3.8, 4) is 11.5 Å². The van der Waals surface area contributed by atoms with Gasteiger partial charge in [-0.2, -0.15) is 4.39 Å². The predicted octanol–water partition coefficient (Wildman–Crippen LogP) is 10.6. The van der Waals surface area contributed by atoms with E-state index in [9.17, 15) is 8.78 Å². The van der Waals surface area contributed by atoms with Gasteiger partial charge in [0.25, 0.3) is 0 Å². The van der Waals surface area contributed by atoms with Crippen LogP contribution in [0.4, 0.5) is 22.0 Å². The highest BCUT2D eigenvalue weighted by Crippen LogP contribution is 2.44. The minimum Gasteiger partial charge on any atom is -0.450 e. The van der Waals surface area contributed by atoms with Gasteiger partial charge in [-0.25, -0.2) is 17.6 Å². The average Bonchev–Trinajstić information content (AvgIpc) is 2.95. The van der Waals surface area contributed by atoms with Crippen LogP contribution in [0.2, 0.25) is 0 Å². The largest absolute Gasteiger partial charge is 0.450 e. The molecule has 0 amide bonds. The third-order valence-corrected chi connectivity index (χ3v) is 8.21. The molecule has 1 saturated carbocycles. The zero-order valence-electron chi connectivity index (χ0n) is 22.4. The van der Waals surface area contributed by atoms with Gasteiger partial charge >= 0.3 is 0 Å². The van der Waals surface area contributed by atoms with Gasteiger partial charge in [0.15, 0.2) is 34.8 Å². The van der Waals surface area contributed by atoms with E-state index in [2.05, 4.69) is 6.92 Å². The van der Waals surface area contributed by atoms with Crippen LogP contribution in [0.15, 0.2) is 42.5 Å². The zero-order valence-corrected chi connectivity index (χ0v) is 22.4. The van der Waals surface area contributed by atoms with Gasteiger partial charge in [0.05, 0.1) is 5.56 Å². The summed E-state index contributed by atoms with van der Waals surface area (Å²) in [5.74, 6) is -5.60. The van der Waals surface area contributed by atoms with Gasteiger partial charge in [-0.15, -0.1) is 0 Å². The number of hydrogen-bond acceptors (Lipinski definition) is 1. The van der Waals surface area contributed by atoms with Gasteiger partial charge in [0.1, 0.15) is 0 Å². The average molecular weight is 541 g/mol. The number of rotatable bonds is 7. The lowest BCUT2D eigenvalue weighted by Gasteiger charge is -2.28. The minimum atomic E-state index is -1.37. The summed E-state index contributed by atoms with van der Waals surface area (Å²) >= 11 is 0. The fraction of sp³-hybridized carbons (Fsp3) is 0.394. The van der Waals surface area contributed by atoms with E-state index in [0.29, 0.717) is 29.9 Å². The Morgan fingerprint density at radius 3 is 2.13 bits per heavy atom. The Bertz CT molecular complexity index is 1380. The molecule has 0 N–H and O–H groups in total. The van der Waals surface area contributed by atoms with Crippen LogP contribution < -0.4 is 4.74 Å². The molecule has 3 aromatic carbocycles. The lowest BCUT2D eigenvalue weighted by Crippen LogP contribution is -2.13. The Labute approximate surface area is 226 Å². The van der Waals surface area contributed by atoms with E-state index < -0.39 is 46.2 Å². The minimum absolute atomic E-state index is 0.0101. The number of fused-ring (bicyclic) bond motifs is 2. The number of hydrogen-bond donors (Lipinski definition) is 0. The first kappa shape index (κ1) is 27.4. The quantitative estimate of drug-likeness (QED) is 0.167. The van der Waals surface area contributed by atoms with Gasteiger partial charge in [-0.3, -0.25) is 0 Å². The van der Waals surface area contributed by atoms with Gasteiger partial charge in [-0.05, 0) is 67.2 Å². The smallest absolute Gasteiger partial charge is 0.201 e. The summed E-state index contributed by atoms with van der Waals surface area (Å²) in [6, 6.07) is 10.8. The molecule has 1 aliphatic heterocycles. The fourth-order valence-electron chi connectivity index (χ4n) is 6.08. The van der Waals surface area contributed by atoms with Crippen molar-refractivity contribution in [3.63, 3.8) is 0 Å². The van der Waals surface area contributed by atoms with Crippen LogP contribution in [0, 0.1) is 23.4 Å². The lowest BCUT2D eigenvalue weighted by atomic mass is 9.77.